The number of aromatic nitrogens is 3. The van der Waals surface area contributed by atoms with Crippen molar-refractivity contribution in [1.82, 2.24) is 14.8 Å². The van der Waals surface area contributed by atoms with Crippen molar-refractivity contribution in [2.75, 3.05) is 13.7 Å². The zero-order valence-electron chi connectivity index (χ0n) is 18.0. The van der Waals surface area contributed by atoms with Crippen LogP contribution in [0.2, 0.25) is 0 Å². The largest absolute Gasteiger partial charge is 0.534 e. The summed E-state index contributed by atoms with van der Waals surface area (Å²) in [5, 5.41) is 4.58. The standard InChI is InChI=1S/C16H18F3N3O4S.C3H8O/c1-15(2,3)22-14-12(13(21-22)9-5-4-6-9)11(7-10(8-23)20-14)26-27(24,25)16(17,18)19;1-3-4-2/h7-9H,4-6H2,1-3H3;3H2,1-2H3. The molecule has 0 bridgehead atoms. The second kappa shape index (κ2) is 9.11. The highest BCUT2D eigenvalue weighted by molar-refractivity contribution is 7.88. The van der Waals surface area contributed by atoms with Gasteiger partial charge in [0.1, 0.15) is 5.69 Å². The summed E-state index contributed by atoms with van der Waals surface area (Å²) in [6, 6.07) is 0.898. The molecule has 0 saturated heterocycles. The Bertz CT molecular complexity index is 1040. The Balaban J connectivity index is 0.000000785. The number of hydrogen-bond donors (Lipinski definition) is 0. The van der Waals surface area contributed by atoms with Crippen LogP contribution in [0, 0.1) is 0 Å². The van der Waals surface area contributed by atoms with Crippen LogP contribution in [-0.4, -0.2) is 48.7 Å². The molecule has 0 N–H and O–H groups in total. The van der Waals surface area contributed by atoms with E-state index in [0.717, 1.165) is 31.9 Å². The molecule has 31 heavy (non-hydrogen) atoms. The van der Waals surface area contributed by atoms with Crippen LogP contribution in [0.3, 0.4) is 0 Å². The van der Waals surface area contributed by atoms with Gasteiger partial charge in [0.15, 0.2) is 17.7 Å². The van der Waals surface area contributed by atoms with Gasteiger partial charge in [-0.1, -0.05) is 6.42 Å². The van der Waals surface area contributed by atoms with Gasteiger partial charge in [0.2, 0.25) is 0 Å². The Morgan fingerprint density at radius 1 is 1.26 bits per heavy atom. The van der Waals surface area contributed by atoms with E-state index < -0.39 is 26.9 Å². The summed E-state index contributed by atoms with van der Waals surface area (Å²) in [5.74, 6) is -0.618. The van der Waals surface area contributed by atoms with Gasteiger partial charge < -0.3 is 8.92 Å². The maximum atomic E-state index is 12.8. The first-order valence-corrected chi connectivity index (χ1v) is 11.1. The third kappa shape index (κ3) is 5.35. The fraction of sp³-hybridized carbons (Fsp3) is 0.632. The minimum Gasteiger partial charge on any atom is -0.385 e. The maximum absolute atomic E-state index is 12.8. The lowest BCUT2D eigenvalue weighted by Crippen LogP contribution is -2.28. The van der Waals surface area contributed by atoms with Crippen LogP contribution in [0.5, 0.6) is 5.75 Å². The highest BCUT2D eigenvalue weighted by Crippen LogP contribution is 2.43. The van der Waals surface area contributed by atoms with E-state index in [9.17, 15) is 26.4 Å². The van der Waals surface area contributed by atoms with Gasteiger partial charge in [-0.2, -0.15) is 26.7 Å². The summed E-state index contributed by atoms with van der Waals surface area (Å²) in [6.45, 7) is 8.21. The number of carbonyl (C=O) groups is 1. The van der Waals surface area contributed by atoms with E-state index in [0.29, 0.717) is 12.0 Å². The van der Waals surface area contributed by atoms with Gasteiger partial charge >= 0.3 is 15.6 Å². The number of methoxy groups -OCH3 is 1. The molecule has 0 radical (unpaired) electrons. The van der Waals surface area contributed by atoms with Crippen molar-refractivity contribution < 1.29 is 35.3 Å². The van der Waals surface area contributed by atoms with E-state index in [1.807, 2.05) is 27.7 Å². The zero-order chi connectivity index (χ0) is 23.6. The highest BCUT2D eigenvalue weighted by atomic mass is 32.2. The van der Waals surface area contributed by atoms with E-state index in [2.05, 4.69) is 19.0 Å². The molecule has 0 atom stereocenters. The second-order valence-corrected chi connectivity index (χ2v) is 9.56. The molecule has 2 aromatic rings. The SMILES string of the molecule is CC(C)(C)n1nc(C2CCC2)c2c(OS(=O)(=O)C(F)(F)F)cc(C=O)nc21.CCOC. The third-order valence-corrected chi connectivity index (χ3v) is 5.63. The maximum Gasteiger partial charge on any atom is 0.534 e. The van der Waals surface area contributed by atoms with Crippen molar-refractivity contribution in [2.45, 2.75) is 63.9 Å². The number of rotatable bonds is 5. The molecule has 1 fully saturated rings. The first-order chi connectivity index (χ1) is 14.3. The molecule has 0 aromatic carbocycles. The summed E-state index contributed by atoms with van der Waals surface area (Å²) < 4.78 is 72.0. The van der Waals surface area contributed by atoms with Gasteiger partial charge in [0.05, 0.1) is 16.6 Å². The monoisotopic (exact) mass is 465 g/mol. The Hall–Kier alpha value is -2.21. The summed E-state index contributed by atoms with van der Waals surface area (Å²) in [6.07, 6.45) is 2.80. The van der Waals surface area contributed by atoms with Gasteiger partial charge in [-0.3, -0.25) is 4.79 Å². The van der Waals surface area contributed by atoms with Crippen LogP contribution in [0.25, 0.3) is 11.0 Å². The molecule has 174 valence electrons. The van der Waals surface area contributed by atoms with E-state index in [-0.39, 0.29) is 22.6 Å². The molecule has 0 amide bonds. The summed E-state index contributed by atoms with van der Waals surface area (Å²) in [4.78, 5) is 15.4. The Labute approximate surface area is 178 Å². The molecule has 0 aliphatic heterocycles. The Kier molecular flexibility index (Phi) is 7.36. The smallest absolute Gasteiger partial charge is 0.385 e. The quantitative estimate of drug-likeness (QED) is 0.371. The zero-order valence-corrected chi connectivity index (χ0v) is 18.8. The van der Waals surface area contributed by atoms with Crippen LogP contribution >= 0.6 is 0 Å². The van der Waals surface area contributed by atoms with Gasteiger partial charge in [-0.25, -0.2) is 9.67 Å². The number of halogens is 3. The summed E-state index contributed by atoms with van der Waals surface area (Å²) in [7, 11) is -4.22. The number of alkyl halides is 3. The predicted octanol–water partition coefficient (Wildman–Crippen LogP) is 4.15. The van der Waals surface area contributed by atoms with Crippen molar-refractivity contribution in [3.63, 3.8) is 0 Å². The van der Waals surface area contributed by atoms with Gasteiger partial charge in [-0.15, -0.1) is 0 Å². The average Bonchev–Trinajstić information content (AvgIpc) is 2.99. The minimum absolute atomic E-state index is 0.0316. The topological polar surface area (TPSA) is 100 Å². The number of carbonyl (C=O) groups excluding carboxylic acids is 1. The highest BCUT2D eigenvalue weighted by Gasteiger charge is 2.49. The first kappa shape index (κ1) is 25.1. The molecule has 0 spiro atoms. The molecule has 1 aliphatic carbocycles. The van der Waals surface area contributed by atoms with E-state index >= 15 is 0 Å². The molecule has 0 unspecified atom stereocenters. The summed E-state index contributed by atoms with van der Waals surface area (Å²) >= 11 is 0. The fourth-order valence-corrected chi connectivity index (χ4v) is 3.32. The van der Waals surface area contributed by atoms with Crippen molar-refractivity contribution >= 4 is 27.4 Å². The van der Waals surface area contributed by atoms with Crippen molar-refractivity contribution in [3.05, 3.63) is 17.5 Å². The number of fused-ring (bicyclic) bond motifs is 1. The molecule has 1 saturated carbocycles. The molecule has 1 aliphatic rings. The summed E-state index contributed by atoms with van der Waals surface area (Å²) in [5.41, 5.74) is -5.90. The van der Waals surface area contributed by atoms with E-state index in [1.165, 1.54) is 4.68 Å². The first-order valence-electron chi connectivity index (χ1n) is 9.65. The van der Waals surface area contributed by atoms with Crippen LogP contribution in [0.1, 0.15) is 69.1 Å². The van der Waals surface area contributed by atoms with Crippen LogP contribution in [0.4, 0.5) is 13.2 Å². The molecular formula is C19H26F3N3O5S. The van der Waals surface area contributed by atoms with Gasteiger partial charge in [0.25, 0.3) is 0 Å². The lowest BCUT2D eigenvalue weighted by atomic mass is 9.82. The Morgan fingerprint density at radius 2 is 1.84 bits per heavy atom. The van der Waals surface area contributed by atoms with Crippen LogP contribution < -0.4 is 4.18 Å². The molecule has 2 aromatic heterocycles. The van der Waals surface area contributed by atoms with Crippen LogP contribution in [0.15, 0.2) is 6.07 Å². The van der Waals surface area contributed by atoms with E-state index in [4.69, 9.17) is 0 Å². The molecule has 12 heteroatoms. The molecule has 2 heterocycles. The normalized spacial score (nSPS) is 15.2. The van der Waals surface area contributed by atoms with Crippen molar-refractivity contribution in [1.29, 1.82) is 0 Å². The van der Waals surface area contributed by atoms with E-state index in [1.54, 1.807) is 7.11 Å². The van der Waals surface area contributed by atoms with Crippen molar-refractivity contribution in [2.24, 2.45) is 0 Å². The van der Waals surface area contributed by atoms with Gasteiger partial charge in [0, 0.05) is 25.7 Å². The Morgan fingerprint density at radius 3 is 2.23 bits per heavy atom. The number of ether oxygens (including phenoxy) is 1. The number of nitrogens with zero attached hydrogens (tertiary/aromatic N) is 3. The predicted molar refractivity (Wildman–Crippen MR) is 108 cm³/mol. The lowest BCUT2D eigenvalue weighted by Gasteiger charge is -2.24. The van der Waals surface area contributed by atoms with Crippen molar-refractivity contribution in [3.8, 4) is 5.75 Å². The number of hydrogen-bond acceptors (Lipinski definition) is 7. The number of pyridine rings is 1. The second-order valence-electron chi connectivity index (χ2n) is 8.02. The molecule has 3 rings (SSSR count). The van der Waals surface area contributed by atoms with Gasteiger partial charge in [-0.05, 0) is 40.5 Å². The van der Waals surface area contributed by atoms with Crippen LogP contribution in [-0.2, 0) is 20.4 Å². The average molecular weight is 465 g/mol. The third-order valence-electron chi connectivity index (χ3n) is 4.67. The molecular weight excluding hydrogens is 439 g/mol. The fourth-order valence-electron chi connectivity index (χ4n) is 2.85. The molecule has 8 nitrogen and oxygen atoms in total. The lowest BCUT2D eigenvalue weighted by molar-refractivity contribution is -0.0499. The minimum atomic E-state index is -5.91. The number of aldehydes is 1.